The summed E-state index contributed by atoms with van der Waals surface area (Å²) in [6.45, 7) is 5.22. The van der Waals surface area contributed by atoms with Crippen molar-refractivity contribution >= 4 is 11.9 Å². The van der Waals surface area contributed by atoms with Crippen LogP contribution in [0.2, 0.25) is 0 Å². The van der Waals surface area contributed by atoms with Gasteiger partial charge in [0.2, 0.25) is 0 Å². The number of rotatable bonds is 4. The fraction of sp³-hybridized carbons (Fsp3) is 0.500. The number of hydrogen-bond donors (Lipinski definition) is 2. The molecular formula is C24H26F7N3O6. The molecule has 0 bridgehead atoms. The second-order valence-corrected chi connectivity index (χ2v) is 8.92. The number of aromatic nitrogens is 2. The molecule has 0 unspecified atom stereocenters. The number of aliphatic carboxylic acids is 2. The van der Waals surface area contributed by atoms with E-state index in [9.17, 15) is 30.7 Å². The predicted octanol–water partition coefficient (Wildman–Crippen LogP) is 4.39. The maximum Gasteiger partial charge on any atom is 0.490 e. The molecule has 4 heterocycles. The Morgan fingerprint density at radius 3 is 2.27 bits per heavy atom. The van der Waals surface area contributed by atoms with Crippen LogP contribution >= 0.6 is 0 Å². The van der Waals surface area contributed by atoms with E-state index in [1.54, 1.807) is 12.3 Å². The second kappa shape index (κ2) is 13.7. The van der Waals surface area contributed by atoms with Crippen LogP contribution < -0.4 is 4.74 Å². The molecule has 40 heavy (non-hydrogen) atoms. The van der Waals surface area contributed by atoms with Crippen LogP contribution in [-0.4, -0.2) is 80.8 Å². The van der Waals surface area contributed by atoms with Gasteiger partial charge in [-0.15, -0.1) is 0 Å². The number of aryl methyl sites for hydroxylation is 1. The van der Waals surface area contributed by atoms with E-state index >= 15 is 0 Å². The minimum Gasteiger partial charge on any atom is -0.475 e. The topological polar surface area (TPSA) is 122 Å². The Morgan fingerprint density at radius 2 is 1.73 bits per heavy atom. The summed E-state index contributed by atoms with van der Waals surface area (Å²) in [7, 11) is 0. The Hall–Kier alpha value is -3.53. The van der Waals surface area contributed by atoms with Crippen molar-refractivity contribution < 1.29 is 60.0 Å². The summed E-state index contributed by atoms with van der Waals surface area (Å²) in [4.78, 5) is 28.8. The summed E-state index contributed by atoms with van der Waals surface area (Å²) < 4.78 is 89.2. The van der Waals surface area contributed by atoms with Gasteiger partial charge in [0.25, 0.3) is 5.88 Å². The van der Waals surface area contributed by atoms with Gasteiger partial charge in [0.05, 0.1) is 17.9 Å². The van der Waals surface area contributed by atoms with E-state index in [0.29, 0.717) is 6.61 Å². The molecule has 2 saturated heterocycles. The number of carboxylic acid groups (broad SMARTS) is 2. The molecule has 2 fully saturated rings. The Labute approximate surface area is 223 Å². The van der Waals surface area contributed by atoms with E-state index in [1.807, 2.05) is 13.0 Å². The molecule has 0 aromatic carbocycles. The van der Waals surface area contributed by atoms with Crippen molar-refractivity contribution in [3.8, 4) is 5.88 Å². The van der Waals surface area contributed by atoms with E-state index in [1.165, 1.54) is 6.07 Å². The molecule has 9 nitrogen and oxygen atoms in total. The summed E-state index contributed by atoms with van der Waals surface area (Å²) in [5.74, 6) is -5.88. The first-order chi connectivity index (χ1) is 18.5. The summed E-state index contributed by atoms with van der Waals surface area (Å²) >= 11 is 0. The number of alkyl halides is 6. The van der Waals surface area contributed by atoms with Gasteiger partial charge in [-0.3, -0.25) is 9.88 Å². The fourth-order valence-corrected chi connectivity index (χ4v) is 4.02. The van der Waals surface area contributed by atoms with Gasteiger partial charge >= 0.3 is 24.3 Å². The quantitative estimate of drug-likeness (QED) is 0.503. The van der Waals surface area contributed by atoms with E-state index in [-0.39, 0.29) is 17.6 Å². The molecule has 1 spiro atoms. The normalized spacial score (nSPS) is 21.1. The van der Waals surface area contributed by atoms with Gasteiger partial charge in [0.1, 0.15) is 6.10 Å². The summed E-state index contributed by atoms with van der Waals surface area (Å²) in [5.41, 5.74) is 1.92. The highest BCUT2D eigenvalue weighted by molar-refractivity contribution is 5.73. The first kappa shape index (κ1) is 32.7. The number of pyridine rings is 2. The van der Waals surface area contributed by atoms with Gasteiger partial charge in [-0.25, -0.2) is 19.0 Å². The van der Waals surface area contributed by atoms with E-state index in [0.717, 1.165) is 50.3 Å². The predicted molar refractivity (Wildman–Crippen MR) is 123 cm³/mol. The number of nitrogens with zero attached hydrogens (tertiary/aromatic N) is 3. The van der Waals surface area contributed by atoms with Gasteiger partial charge in [0, 0.05) is 31.4 Å². The van der Waals surface area contributed by atoms with Crippen molar-refractivity contribution in [1.29, 1.82) is 0 Å². The third-order valence-corrected chi connectivity index (χ3v) is 5.61. The minimum atomic E-state index is -5.08. The highest BCUT2D eigenvalue weighted by atomic mass is 19.4. The number of piperidine rings is 1. The average Bonchev–Trinajstić information content (AvgIpc) is 3.21. The van der Waals surface area contributed by atoms with Gasteiger partial charge < -0.3 is 19.7 Å². The Bertz CT molecular complexity index is 1120. The molecule has 0 aliphatic carbocycles. The van der Waals surface area contributed by atoms with Crippen molar-refractivity contribution in [2.45, 2.75) is 56.8 Å². The zero-order valence-electron chi connectivity index (χ0n) is 21.0. The lowest BCUT2D eigenvalue weighted by Gasteiger charge is -2.39. The van der Waals surface area contributed by atoms with Crippen LogP contribution in [-0.2, 0) is 20.9 Å². The fourth-order valence-electron chi connectivity index (χ4n) is 4.02. The maximum absolute atomic E-state index is 13.8. The lowest BCUT2D eigenvalue weighted by molar-refractivity contribution is -0.193. The van der Waals surface area contributed by atoms with Crippen LogP contribution in [0.15, 0.2) is 36.5 Å². The number of carbonyl (C=O) groups is 2. The Morgan fingerprint density at radius 1 is 1.10 bits per heavy atom. The molecule has 2 aliphatic rings. The lowest BCUT2D eigenvalue weighted by Crippen LogP contribution is -2.47. The summed E-state index contributed by atoms with van der Waals surface area (Å²) in [5, 5.41) is 14.2. The zero-order chi connectivity index (χ0) is 30.1. The number of carboxylic acids is 2. The molecule has 222 valence electrons. The Balaban J connectivity index is 0.000000333. The first-order valence-electron chi connectivity index (χ1n) is 11.7. The van der Waals surface area contributed by atoms with Gasteiger partial charge in [-0.05, 0) is 50.6 Å². The second-order valence-electron chi connectivity index (χ2n) is 8.92. The largest absolute Gasteiger partial charge is 0.490 e. The number of hydrogen-bond acceptors (Lipinski definition) is 7. The number of likely N-dealkylation sites (tertiary alicyclic amines) is 1. The molecule has 2 aliphatic heterocycles. The molecule has 4 rings (SSSR count). The molecule has 2 atom stereocenters. The average molecular weight is 585 g/mol. The molecule has 0 radical (unpaired) electrons. The van der Waals surface area contributed by atoms with Gasteiger partial charge in [-0.1, -0.05) is 6.07 Å². The minimum absolute atomic E-state index is 0.0646. The monoisotopic (exact) mass is 585 g/mol. The van der Waals surface area contributed by atoms with Crippen molar-refractivity contribution in [1.82, 2.24) is 14.9 Å². The summed E-state index contributed by atoms with van der Waals surface area (Å²) in [6.07, 6.45) is -5.93. The lowest BCUT2D eigenvalue weighted by atomic mass is 9.89. The SMILES string of the molecule is Cc1cccc(CN2CCC[C@]3(C[C@@H](Oc4ncccc4F)CO3)C2)n1.O=C(O)C(F)(F)F.O=C(O)C(F)(F)F. The molecule has 2 N–H and O–H groups in total. The van der Waals surface area contributed by atoms with Crippen LogP contribution in [0.3, 0.4) is 0 Å². The highest BCUT2D eigenvalue weighted by Gasteiger charge is 2.44. The third kappa shape index (κ3) is 10.6. The first-order valence-corrected chi connectivity index (χ1v) is 11.7. The van der Waals surface area contributed by atoms with Crippen molar-refractivity contribution in [3.63, 3.8) is 0 Å². The standard InChI is InChI=1S/C20H24FN3O2.2C2HF3O2/c1-15-5-2-6-16(23-15)12-24-10-4-8-20(14-24)11-17(13-25-20)26-19-18(21)7-3-9-22-19;2*3-2(4,5)1(6)7/h2-3,5-7,9,17H,4,8,10-14H2,1H3;2*(H,6,7)/t17-,20+;;/m1../s1. The van der Waals surface area contributed by atoms with Gasteiger partial charge in [0.15, 0.2) is 5.82 Å². The van der Waals surface area contributed by atoms with Crippen molar-refractivity contribution in [2.24, 2.45) is 0 Å². The molecular weight excluding hydrogens is 559 g/mol. The smallest absolute Gasteiger partial charge is 0.475 e. The van der Waals surface area contributed by atoms with Crippen LogP contribution in [0.4, 0.5) is 30.7 Å². The summed E-state index contributed by atoms with van der Waals surface area (Å²) in [6, 6.07) is 9.06. The maximum atomic E-state index is 13.8. The zero-order valence-corrected chi connectivity index (χ0v) is 21.0. The Kier molecular flexibility index (Phi) is 11.2. The number of ether oxygens (including phenoxy) is 2. The third-order valence-electron chi connectivity index (χ3n) is 5.61. The van der Waals surface area contributed by atoms with E-state index in [2.05, 4.69) is 27.0 Å². The van der Waals surface area contributed by atoms with Crippen LogP contribution in [0.25, 0.3) is 0 Å². The van der Waals surface area contributed by atoms with Crippen LogP contribution in [0, 0.1) is 12.7 Å². The molecule has 16 heteroatoms. The molecule has 0 amide bonds. The van der Waals surface area contributed by atoms with E-state index in [4.69, 9.17) is 29.3 Å². The number of halogens is 7. The van der Waals surface area contributed by atoms with Crippen molar-refractivity contribution in [2.75, 3.05) is 19.7 Å². The molecule has 0 saturated carbocycles. The van der Waals surface area contributed by atoms with E-state index < -0.39 is 30.1 Å². The van der Waals surface area contributed by atoms with Crippen LogP contribution in [0.5, 0.6) is 5.88 Å². The molecule has 2 aromatic rings. The van der Waals surface area contributed by atoms with Crippen LogP contribution in [0.1, 0.15) is 30.7 Å². The highest BCUT2D eigenvalue weighted by Crippen LogP contribution is 2.36. The van der Waals surface area contributed by atoms with Gasteiger partial charge in [-0.2, -0.15) is 26.3 Å². The van der Waals surface area contributed by atoms with Crippen molar-refractivity contribution in [3.05, 3.63) is 53.7 Å². The molecule has 2 aromatic heterocycles.